The van der Waals surface area contributed by atoms with E-state index in [1.165, 1.54) is 18.2 Å². The van der Waals surface area contributed by atoms with Crippen LogP contribution < -0.4 is 19.7 Å². The molecule has 0 aliphatic carbocycles. The van der Waals surface area contributed by atoms with Crippen molar-refractivity contribution in [1.29, 1.82) is 5.26 Å². The zero-order valence-corrected chi connectivity index (χ0v) is 16.0. The number of anilines is 1. The molecule has 0 atom stereocenters. The molecule has 1 aromatic heterocycles. The zero-order chi connectivity index (χ0) is 21.5. The van der Waals surface area contributed by atoms with Gasteiger partial charge in [-0.2, -0.15) is 5.26 Å². The van der Waals surface area contributed by atoms with Crippen molar-refractivity contribution in [3.8, 4) is 17.6 Å². The minimum absolute atomic E-state index is 0.0509. The maximum absolute atomic E-state index is 13.2. The Morgan fingerprint density at radius 3 is 2.74 bits per heavy atom. The molecule has 2 aliphatic rings. The highest BCUT2D eigenvalue weighted by atomic mass is 16.7. The van der Waals surface area contributed by atoms with Gasteiger partial charge >= 0.3 is 6.03 Å². The Labute approximate surface area is 175 Å². The normalized spacial score (nSPS) is 16.7. The molecule has 4 amide bonds. The van der Waals surface area contributed by atoms with Crippen molar-refractivity contribution in [2.24, 2.45) is 0 Å². The average Bonchev–Trinajstić information content (AvgIpc) is 3.36. The van der Waals surface area contributed by atoms with E-state index >= 15 is 0 Å². The molecule has 0 bridgehead atoms. The lowest BCUT2D eigenvalue weighted by Crippen LogP contribution is -2.54. The topological polar surface area (TPSA) is 114 Å². The summed E-state index contributed by atoms with van der Waals surface area (Å²) in [5, 5.41) is 12.1. The van der Waals surface area contributed by atoms with Crippen molar-refractivity contribution in [1.82, 2.24) is 9.88 Å². The molecule has 1 saturated heterocycles. The highest BCUT2D eigenvalue weighted by molar-refractivity contribution is 6.39. The number of ether oxygens (including phenoxy) is 2. The second-order valence-corrected chi connectivity index (χ2v) is 6.88. The summed E-state index contributed by atoms with van der Waals surface area (Å²) in [6, 6.07) is 13.2. The van der Waals surface area contributed by atoms with Gasteiger partial charge in [0.05, 0.1) is 11.8 Å². The van der Waals surface area contributed by atoms with Gasteiger partial charge in [0.1, 0.15) is 12.1 Å². The number of hydrogen-bond donors (Lipinski definition) is 1. The Balaban J connectivity index is 1.58. The third kappa shape index (κ3) is 2.98. The number of nitrogens with zero attached hydrogens (tertiary/aromatic N) is 3. The summed E-state index contributed by atoms with van der Waals surface area (Å²) in [5.74, 6) is -0.639. The summed E-state index contributed by atoms with van der Waals surface area (Å²) in [4.78, 5) is 39.0. The van der Waals surface area contributed by atoms with Gasteiger partial charge in [0.25, 0.3) is 11.8 Å². The van der Waals surface area contributed by atoms with E-state index in [2.05, 4.69) is 11.4 Å². The lowest BCUT2D eigenvalue weighted by molar-refractivity contribution is -0.122. The van der Waals surface area contributed by atoms with Gasteiger partial charge in [-0.1, -0.05) is 18.2 Å². The number of hydrogen-bond acceptors (Lipinski definition) is 6. The van der Waals surface area contributed by atoms with Gasteiger partial charge in [0.2, 0.25) is 6.79 Å². The number of para-hydroxylation sites is 1. The smallest absolute Gasteiger partial charge is 0.335 e. The Hall–Kier alpha value is -4.58. The fraction of sp³-hybridized carbons (Fsp3) is 0.0909. The van der Waals surface area contributed by atoms with E-state index in [1.54, 1.807) is 16.8 Å². The van der Waals surface area contributed by atoms with Crippen LogP contribution in [-0.4, -0.2) is 29.2 Å². The Bertz CT molecular complexity index is 1350. The summed E-state index contributed by atoms with van der Waals surface area (Å²) in [6.45, 7) is 0.168. The summed E-state index contributed by atoms with van der Waals surface area (Å²) >= 11 is 0. The van der Waals surface area contributed by atoms with Gasteiger partial charge in [0, 0.05) is 28.7 Å². The van der Waals surface area contributed by atoms with E-state index in [-0.39, 0.29) is 24.6 Å². The van der Waals surface area contributed by atoms with Crippen LogP contribution in [0.2, 0.25) is 0 Å². The first-order valence-electron chi connectivity index (χ1n) is 9.33. The molecule has 9 heteroatoms. The number of carbonyl (C=O) groups is 3. The van der Waals surface area contributed by atoms with Gasteiger partial charge in [-0.25, -0.2) is 9.69 Å². The van der Waals surface area contributed by atoms with Crippen LogP contribution in [0, 0.1) is 11.3 Å². The molecule has 152 valence electrons. The third-order valence-corrected chi connectivity index (χ3v) is 5.08. The van der Waals surface area contributed by atoms with Crippen molar-refractivity contribution < 1.29 is 23.9 Å². The maximum Gasteiger partial charge on any atom is 0.335 e. The first kappa shape index (κ1) is 18.4. The average molecular weight is 414 g/mol. The van der Waals surface area contributed by atoms with Crippen molar-refractivity contribution in [2.75, 3.05) is 11.7 Å². The minimum Gasteiger partial charge on any atom is -0.454 e. The lowest BCUT2D eigenvalue weighted by Gasteiger charge is -2.26. The molecular weight excluding hydrogens is 400 g/mol. The van der Waals surface area contributed by atoms with E-state index in [4.69, 9.17) is 14.7 Å². The summed E-state index contributed by atoms with van der Waals surface area (Å²) in [6.07, 6.45) is 3.13. The zero-order valence-electron chi connectivity index (χ0n) is 16.0. The predicted octanol–water partition coefficient (Wildman–Crippen LogP) is 2.56. The summed E-state index contributed by atoms with van der Waals surface area (Å²) < 4.78 is 12.3. The number of imide groups is 2. The molecule has 1 fully saturated rings. The second kappa shape index (κ2) is 7.03. The van der Waals surface area contributed by atoms with E-state index in [0.717, 1.165) is 15.8 Å². The molecule has 3 heterocycles. The molecule has 0 radical (unpaired) electrons. The quantitative estimate of drug-likeness (QED) is 0.521. The van der Waals surface area contributed by atoms with Crippen molar-refractivity contribution in [2.45, 2.75) is 6.54 Å². The molecule has 3 aromatic rings. The van der Waals surface area contributed by atoms with Crippen LogP contribution in [0.3, 0.4) is 0 Å². The first-order valence-corrected chi connectivity index (χ1v) is 9.33. The van der Waals surface area contributed by atoms with E-state index in [9.17, 15) is 14.4 Å². The van der Waals surface area contributed by atoms with Crippen LogP contribution >= 0.6 is 0 Å². The van der Waals surface area contributed by atoms with Crippen molar-refractivity contribution >= 4 is 40.5 Å². The van der Waals surface area contributed by atoms with Crippen LogP contribution in [0.15, 0.2) is 54.2 Å². The maximum atomic E-state index is 13.2. The molecule has 0 saturated carbocycles. The van der Waals surface area contributed by atoms with Crippen molar-refractivity contribution in [3.05, 3.63) is 59.8 Å². The number of rotatable bonds is 3. The number of nitrogens with one attached hydrogen (secondary N) is 1. The van der Waals surface area contributed by atoms with Crippen LogP contribution in [0.5, 0.6) is 11.5 Å². The highest BCUT2D eigenvalue weighted by Crippen LogP contribution is 2.36. The number of benzene rings is 2. The molecule has 2 aliphatic heterocycles. The highest BCUT2D eigenvalue weighted by Gasteiger charge is 2.37. The molecule has 9 nitrogen and oxygen atoms in total. The molecule has 5 rings (SSSR count). The monoisotopic (exact) mass is 414 g/mol. The SMILES string of the molecule is N#CCn1cc(C=C2C(=O)NC(=O)N(c3ccc4c(c3)OCO4)C2=O)c2ccccc21. The number of nitriles is 1. The number of fused-ring (bicyclic) bond motifs is 2. The predicted molar refractivity (Wildman–Crippen MR) is 109 cm³/mol. The fourth-order valence-corrected chi connectivity index (χ4v) is 3.67. The van der Waals surface area contributed by atoms with Gasteiger partial charge in [-0.05, 0) is 24.3 Å². The second-order valence-electron chi connectivity index (χ2n) is 6.88. The first-order chi connectivity index (χ1) is 15.1. The van der Waals surface area contributed by atoms with E-state index in [0.29, 0.717) is 17.1 Å². The Morgan fingerprint density at radius 2 is 1.90 bits per heavy atom. The van der Waals surface area contributed by atoms with Crippen LogP contribution in [0.4, 0.5) is 10.5 Å². The fourth-order valence-electron chi connectivity index (χ4n) is 3.67. The van der Waals surface area contributed by atoms with Crippen LogP contribution in [0.1, 0.15) is 5.56 Å². The largest absolute Gasteiger partial charge is 0.454 e. The Kier molecular flexibility index (Phi) is 4.19. The lowest BCUT2D eigenvalue weighted by atomic mass is 10.1. The third-order valence-electron chi connectivity index (χ3n) is 5.08. The number of barbiturate groups is 1. The minimum atomic E-state index is -0.849. The Morgan fingerprint density at radius 1 is 1.10 bits per heavy atom. The molecule has 0 unspecified atom stereocenters. The molecular formula is C22H14N4O5. The van der Waals surface area contributed by atoms with E-state index < -0.39 is 17.8 Å². The van der Waals surface area contributed by atoms with Crippen LogP contribution in [0.25, 0.3) is 17.0 Å². The number of urea groups is 1. The molecule has 1 N–H and O–H groups in total. The van der Waals surface area contributed by atoms with Crippen LogP contribution in [-0.2, 0) is 16.1 Å². The summed E-state index contributed by atoms with van der Waals surface area (Å²) in [7, 11) is 0. The molecule has 2 aromatic carbocycles. The summed E-state index contributed by atoms with van der Waals surface area (Å²) in [5.41, 5.74) is 1.43. The number of aromatic nitrogens is 1. The van der Waals surface area contributed by atoms with Gasteiger partial charge < -0.3 is 14.0 Å². The standard InChI is InChI=1S/C22H14N4O5/c23-7-8-25-11-13(15-3-1-2-4-17(15)25)9-16-20(27)24-22(29)26(21(16)28)14-5-6-18-19(10-14)31-12-30-18/h1-6,9-11H,8,12H2,(H,24,27,29). The molecule has 0 spiro atoms. The van der Waals surface area contributed by atoms with E-state index in [1.807, 2.05) is 24.3 Å². The molecule has 31 heavy (non-hydrogen) atoms. The van der Waals surface area contributed by atoms with Gasteiger partial charge in [-0.15, -0.1) is 0 Å². The number of carbonyl (C=O) groups excluding carboxylic acids is 3. The van der Waals surface area contributed by atoms with Gasteiger partial charge in [-0.3, -0.25) is 14.9 Å². The van der Waals surface area contributed by atoms with Gasteiger partial charge in [0.15, 0.2) is 11.5 Å². The number of amides is 4. The van der Waals surface area contributed by atoms with Crippen molar-refractivity contribution in [3.63, 3.8) is 0 Å².